The first-order chi connectivity index (χ1) is 11.3. The number of benzene rings is 1. The zero-order chi connectivity index (χ0) is 16.3. The van der Waals surface area contributed by atoms with Crippen LogP contribution in [-0.2, 0) is 17.7 Å². The Labute approximate surface area is 137 Å². The summed E-state index contributed by atoms with van der Waals surface area (Å²) < 4.78 is 7.19. The second-order valence-electron chi connectivity index (χ2n) is 5.13. The SMILES string of the molecule is CN=C(NCCOC)NCCc1nccn1Cc1ccccc1. The topological polar surface area (TPSA) is 63.5 Å². The molecule has 6 nitrogen and oxygen atoms in total. The largest absolute Gasteiger partial charge is 0.383 e. The average molecular weight is 315 g/mol. The molecule has 0 aliphatic rings. The fourth-order valence-corrected chi connectivity index (χ4v) is 2.28. The first kappa shape index (κ1) is 17.0. The fourth-order valence-electron chi connectivity index (χ4n) is 2.28. The molecule has 23 heavy (non-hydrogen) atoms. The molecule has 1 aromatic carbocycles. The summed E-state index contributed by atoms with van der Waals surface area (Å²) in [5, 5.41) is 6.48. The highest BCUT2D eigenvalue weighted by atomic mass is 16.5. The van der Waals surface area contributed by atoms with Crippen LogP contribution in [0.5, 0.6) is 0 Å². The number of guanidine groups is 1. The Bertz CT molecular complexity index is 594. The molecule has 1 aromatic heterocycles. The van der Waals surface area contributed by atoms with E-state index in [0.29, 0.717) is 6.61 Å². The van der Waals surface area contributed by atoms with Crippen molar-refractivity contribution in [2.45, 2.75) is 13.0 Å². The maximum Gasteiger partial charge on any atom is 0.191 e. The Hall–Kier alpha value is -2.34. The van der Waals surface area contributed by atoms with Gasteiger partial charge in [-0.2, -0.15) is 0 Å². The molecule has 2 aromatic rings. The molecule has 0 atom stereocenters. The number of methoxy groups -OCH3 is 1. The minimum absolute atomic E-state index is 0.655. The van der Waals surface area contributed by atoms with Crippen molar-refractivity contribution in [1.82, 2.24) is 20.2 Å². The molecular formula is C17H25N5O. The van der Waals surface area contributed by atoms with Gasteiger partial charge in [0.25, 0.3) is 0 Å². The summed E-state index contributed by atoms with van der Waals surface area (Å²) in [5.41, 5.74) is 1.27. The molecule has 124 valence electrons. The Morgan fingerprint density at radius 3 is 2.74 bits per heavy atom. The molecule has 0 radical (unpaired) electrons. The summed E-state index contributed by atoms with van der Waals surface area (Å²) in [5.74, 6) is 1.84. The number of imidazole rings is 1. The summed E-state index contributed by atoms with van der Waals surface area (Å²) in [7, 11) is 3.45. The molecule has 2 rings (SSSR count). The lowest BCUT2D eigenvalue weighted by Crippen LogP contribution is -2.39. The van der Waals surface area contributed by atoms with Crippen LogP contribution in [0, 0.1) is 0 Å². The lowest BCUT2D eigenvalue weighted by Gasteiger charge is -2.12. The molecule has 0 saturated carbocycles. The van der Waals surface area contributed by atoms with E-state index < -0.39 is 0 Å². The van der Waals surface area contributed by atoms with Gasteiger partial charge in [0.15, 0.2) is 5.96 Å². The van der Waals surface area contributed by atoms with Gasteiger partial charge in [-0.05, 0) is 5.56 Å². The van der Waals surface area contributed by atoms with Crippen LogP contribution >= 0.6 is 0 Å². The lowest BCUT2D eigenvalue weighted by molar-refractivity contribution is 0.203. The average Bonchev–Trinajstić information content (AvgIpc) is 3.01. The van der Waals surface area contributed by atoms with E-state index in [9.17, 15) is 0 Å². The summed E-state index contributed by atoms with van der Waals surface area (Å²) >= 11 is 0. The van der Waals surface area contributed by atoms with E-state index in [1.807, 2.05) is 18.5 Å². The van der Waals surface area contributed by atoms with Crippen LogP contribution in [-0.4, -0.2) is 49.4 Å². The minimum Gasteiger partial charge on any atom is -0.383 e. The van der Waals surface area contributed by atoms with Gasteiger partial charge in [0.1, 0.15) is 5.82 Å². The van der Waals surface area contributed by atoms with E-state index in [4.69, 9.17) is 4.74 Å². The van der Waals surface area contributed by atoms with Crippen LogP contribution in [0.15, 0.2) is 47.7 Å². The highest BCUT2D eigenvalue weighted by Crippen LogP contribution is 2.05. The van der Waals surface area contributed by atoms with Crippen molar-refractivity contribution in [3.05, 3.63) is 54.1 Å². The van der Waals surface area contributed by atoms with Crippen LogP contribution < -0.4 is 10.6 Å². The van der Waals surface area contributed by atoms with Crippen molar-refractivity contribution >= 4 is 5.96 Å². The zero-order valence-corrected chi connectivity index (χ0v) is 13.8. The van der Waals surface area contributed by atoms with Gasteiger partial charge in [0.2, 0.25) is 0 Å². The second kappa shape index (κ2) is 9.63. The number of aliphatic imine (C=N–C) groups is 1. The van der Waals surface area contributed by atoms with Crippen molar-refractivity contribution in [2.75, 3.05) is 33.9 Å². The number of nitrogens with zero attached hydrogens (tertiary/aromatic N) is 3. The Morgan fingerprint density at radius 2 is 2.00 bits per heavy atom. The van der Waals surface area contributed by atoms with Crippen LogP contribution in [0.3, 0.4) is 0 Å². The minimum atomic E-state index is 0.655. The summed E-state index contributed by atoms with van der Waals surface area (Å²) in [6, 6.07) is 10.4. The third-order valence-electron chi connectivity index (χ3n) is 3.46. The molecule has 2 N–H and O–H groups in total. The maximum atomic E-state index is 5.01. The van der Waals surface area contributed by atoms with Gasteiger partial charge in [-0.25, -0.2) is 4.98 Å². The van der Waals surface area contributed by atoms with Gasteiger partial charge in [-0.15, -0.1) is 0 Å². The first-order valence-corrected chi connectivity index (χ1v) is 7.81. The van der Waals surface area contributed by atoms with E-state index in [-0.39, 0.29) is 0 Å². The van der Waals surface area contributed by atoms with Crippen molar-refractivity contribution < 1.29 is 4.74 Å². The summed E-state index contributed by atoms with van der Waals surface area (Å²) in [6.45, 7) is 3.01. The van der Waals surface area contributed by atoms with Crippen LogP contribution in [0.1, 0.15) is 11.4 Å². The van der Waals surface area contributed by atoms with E-state index in [2.05, 4.69) is 49.4 Å². The van der Waals surface area contributed by atoms with E-state index in [0.717, 1.165) is 37.8 Å². The van der Waals surface area contributed by atoms with Crippen molar-refractivity contribution in [2.24, 2.45) is 4.99 Å². The third-order valence-corrected chi connectivity index (χ3v) is 3.46. The molecule has 1 heterocycles. The highest BCUT2D eigenvalue weighted by Gasteiger charge is 2.04. The number of hydrogen-bond donors (Lipinski definition) is 2. The van der Waals surface area contributed by atoms with E-state index in [1.165, 1.54) is 5.56 Å². The maximum absolute atomic E-state index is 5.01. The third kappa shape index (κ3) is 5.75. The van der Waals surface area contributed by atoms with Crippen molar-refractivity contribution in [1.29, 1.82) is 0 Å². The molecule has 0 spiro atoms. The monoisotopic (exact) mass is 315 g/mol. The molecule has 0 saturated heterocycles. The predicted molar refractivity (Wildman–Crippen MR) is 92.7 cm³/mol. The Kier molecular flexibility index (Phi) is 7.13. The standard InChI is InChI=1S/C17H25N5O/c1-18-17(21-11-13-23-2)20-9-8-16-19-10-12-22(16)14-15-6-4-3-5-7-15/h3-7,10,12H,8-9,11,13-14H2,1-2H3,(H2,18,20,21). The van der Waals surface area contributed by atoms with Crippen LogP contribution in [0.25, 0.3) is 0 Å². The zero-order valence-electron chi connectivity index (χ0n) is 13.8. The quantitative estimate of drug-likeness (QED) is 0.438. The van der Waals surface area contributed by atoms with Gasteiger partial charge in [0.05, 0.1) is 6.61 Å². The number of hydrogen-bond acceptors (Lipinski definition) is 3. The molecule has 0 aliphatic carbocycles. The van der Waals surface area contributed by atoms with Gasteiger partial charge in [-0.3, -0.25) is 4.99 Å². The molecule has 0 bridgehead atoms. The van der Waals surface area contributed by atoms with Crippen LogP contribution in [0.2, 0.25) is 0 Å². The molecule has 6 heteroatoms. The van der Waals surface area contributed by atoms with Gasteiger partial charge in [-0.1, -0.05) is 30.3 Å². The van der Waals surface area contributed by atoms with E-state index in [1.54, 1.807) is 14.2 Å². The van der Waals surface area contributed by atoms with Gasteiger partial charge < -0.3 is 19.9 Å². The molecule has 0 aliphatic heterocycles. The van der Waals surface area contributed by atoms with Crippen LogP contribution in [0.4, 0.5) is 0 Å². The molecule has 0 unspecified atom stereocenters. The number of aromatic nitrogens is 2. The van der Waals surface area contributed by atoms with Crippen molar-refractivity contribution in [3.63, 3.8) is 0 Å². The summed E-state index contributed by atoms with van der Waals surface area (Å²) in [4.78, 5) is 8.63. The second-order valence-corrected chi connectivity index (χ2v) is 5.13. The molecular weight excluding hydrogens is 290 g/mol. The number of ether oxygens (including phenoxy) is 1. The molecule has 0 fully saturated rings. The Balaban J connectivity index is 1.81. The number of rotatable bonds is 8. The first-order valence-electron chi connectivity index (χ1n) is 7.81. The predicted octanol–water partition coefficient (Wildman–Crippen LogP) is 1.29. The molecule has 0 amide bonds. The van der Waals surface area contributed by atoms with Crippen molar-refractivity contribution in [3.8, 4) is 0 Å². The fraction of sp³-hybridized carbons (Fsp3) is 0.412. The lowest BCUT2D eigenvalue weighted by atomic mass is 10.2. The summed E-state index contributed by atoms with van der Waals surface area (Å²) in [6.07, 6.45) is 4.71. The van der Waals surface area contributed by atoms with Gasteiger partial charge in [0, 0.05) is 52.6 Å². The normalized spacial score (nSPS) is 11.5. The smallest absolute Gasteiger partial charge is 0.191 e. The number of nitrogens with one attached hydrogen (secondary N) is 2. The Morgan fingerprint density at radius 1 is 1.22 bits per heavy atom. The highest BCUT2D eigenvalue weighted by molar-refractivity contribution is 5.79. The van der Waals surface area contributed by atoms with E-state index >= 15 is 0 Å². The van der Waals surface area contributed by atoms with Gasteiger partial charge >= 0.3 is 0 Å².